The molecule has 0 unspecified atom stereocenters. The Kier molecular flexibility index (Phi) is 5.38. The highest BCUT2D eigenvalue weighted by molar-refractivity contribution is 5.81. The quantitative estimate of drug-likeness (QED) is 0.470. The molecular formula is C18H20O3. The summed E-state index contributed by atoms with van der Waals surface area (Å²) in [6.45, 7) is 0. The average molecular weight is 284 g/mol. The molecule has 1 aromatic rings. The maximum Gasteiger partial charge on any atom is 0.330 e. The lowest BCUT2D eigenvalue weighted by Crippen LogP contribution is -2.09. The van der Waals surface area contributed by atoms with Gasteiger partial charge in [0.1, 0.15) is 5.75 Å². The second-order valence-corrected chi connectivity index (χ2v) is 4.85. The molecule has 0 radical (unpaired) electrons. The first-order chi connectivity index (χ1) is 10.2. The van der Waals surface area contributed by atoms with E-state index in [1.54, 1.807) is 7.11 Å². The van der Waals surface area contributed by atoms with Gasteiger partial charge in [-0.3, -0.25) is 0 Å². The van der Waals surface area contributed by atoms with Crippen molar-refractivity contribution in [2.24, 2.45) is 5.92 Å². The van der Waals surface area contributed by atoms with Gasteiger partial charge in [0, 0.05) is 17.9 Å². The first kappa shape index (κ1) is 15.1. The molecule has 21 heavy (non-hydrogen) atoms. The molecule has 0 amide bonds. The highest BCUT2D eigenvalue weighted by Crippen LogP contribution is 2.31. The molecule has 3 heteroatoms. The molecule has 1 atom stereocenters. The molecule has 1 aromatic carbocycles. The van der Waals surface area contributed by atoms with Crippen LogP contribution in [0.25, 0.3) is 0 Å². The van der Waals surface area contributed by atoms with Gasteiger partial charge in [0.15, 0.2) is 0 Å². The first-order valence-electron chi connectivity index (χ1n) is 6.98. The molecular weight excluding hydrogens is 264 g/mol. The summed E-state index contributed by atoms with van der Waals surface area (Å²) < 4.78 is 9.87. The Hall–Kier alpha value is -2.29. The van der Waals surface area contributed by atoms with E-state index in [2.05, 4.69) is 29.0 Å². The van der Waals surface area contributed by atoms with Crippen LogP contribution in [0.4, 0.5) is 0 Å². The number of carbonyl (C=O) groups is 1. The van der Waals surface area contributed by atoms with Gasteiger partial charge in [-0.25, -0.2) is 4.79 Å². The van der Waals surface area contributed by atoms with Gasteiger partial charge < -0.3 is 9.47 Å². The van der Waals surface area contributed by atoms with E-state index < -0.39 is 0 Å². The second-order valence-electron chi connectivity index (χ2n) is 4.85. The van der Waals surface area contributed by atoms with Gasteiger partial charge in [-0.05, 0) is 24.1 Å². The lowest BCUT2D eigenvalue weighted by Gasteiger charge is -2.21. The smallest absolute Gasteiger partial charge is 0.330 e. The number of esters is 1. The Bertz CT molecular complexity index is 540. The Morgan fingerprint density at radius 3 is 2.43 bits per heavy atom. The molecule has 0 N–H and O–H groups in total. The largest absolute Gasteiger partial charge is 0.497 e. The van der Waals surface area contributed by atoms with E-state index >= 15 is 0 Å². The second kappa shape index (κ2) is 7.48. The highest BCUT2D eigenvalue weighted by Gasteiger charge is 2.18. The van der Waals surface area contributed by atoms with Crippen LogP contribution >= 0.6 is 0 Å². The Balaban J connectivity index is 2.27. The van der Waals surface area contributed by atoms with Crippen molar-refractivity contribution >= 4 is 5.97 Å². The molecule has 0 saturated carbocycles. The van der Waals surface area contributed by atoms with Crippen molar-refractivity contribution in [1.29, 1.82) is 0 Å². The highest BCUT2D eigenvalue weighted by atomic mass is 16.5. The van der Waals surface area contributed by atoms with E-state index in [9.17, 15) is 4.79 Å². The predicted octanol–water partition coefficient (Wildman–Crippen LogP) is 3.64. The molecule has 0 bridgehead atoms. The summed E-state index contributed by atoms with van der Waals surface area (Å²) >= 11 is 0. The van der Waals surface area contributed by atoms with Crippen LogP contribution in [-0.4, -0.2) is 20.2 Å². The average Bonchev–Trinajstić information content (AvgIpc) is 2.56. The van der Waals surface area contributed by atoms with E-state index in [1.807, 2.05) is 30.3 Å². The summed E-state index contributed by atoms with van der Waals surface area (Å²) in [5, 5.41) is 0. The minimum absolute atomic E-state index is 0.0998. The van der Waals surface area contributed by atoms with E-state index in [4.69, 9.17) is 4.74 Å². The van der Waals surface area contributed by atoms with E-state index in [1.165, 1.54) is 13.2 Å². The fourth-order valence-corrected chi connectivity index (χ4v) is 2.39. The van der Waals surface area contributed by atoms with Gasteiger partial charge in [-0.15, -0.1) is 0 Å². The molecule has 2 rings (SSSR count). The van der Waals surface area contributed by atoms with Crippen LogP contribution in [0.5, 0.6) is 5.75 Å². The van der Waals surface area contributed by atoms with Gasteiger partial charge in [0.25, 0.3) is 0 Å². The number of allylic oxidation sites excluding steroid dienone is 5. The minimum Gasteiger partial charge on any atom is -0.497 e. The summed E-state index contributed by atoms with van der Waals surface area (Å²) in [4.78, 5) is 11.4. The maximum atomic E-state index is 11.4. The summed E-state index contributed by atoms with van der Waals surface area (Å²) in [7, 11) is 3.03. The molecule has 0 fully saturated rings. The molecule has 0 aromatic heterocycles. The molecule has 0 heterocycles. The molecule has 3 nitrogen and oxygen atoms in total. The number of ether oxygens (including phenoxy) is 2. The summed E-state index contributed by atoms with van der Waals surface area (Å²) in [5.41, 5.74) is 1.14. The lowest BCUT2D eigenvalue weighted by atomic mass is 9.83. The van der Waals surface area contributed by atoms with Crippen LogP contribution in [0, 0.1) is 5.92 Å². The summed E-state index contributed by atoms with van der Waals surface area (Å²) in [6.07, 6.45) is 13.0. The zero-order chi connectivity index (χ0) is 15.1. The number of methoxy groups -OCH3 is 2. The van der Waals surface area contributed by atoms with E-state index in [-0.39, 0.29) is 17.8 Å². The predicted molar refractivity (Wildman–Crippen MR) is 83.3 cm³/mol. The van der Waals surface area contributed by atoms with Gasteiger partial charge in [0.05, 0.1) is 14.2 Å². The standard InChI is InChI=1S/C18H20O3/c1-20-16-10-8-15(9-11-16)17(12-13-18(19)21-2)14-6-4-3-5-7-14/h4-14,17H,3H2,1-2H3/b13-12+/t17-/m1/s1. The van der Waals surface area contributed by atoms with Crippen molar-refractivity contribution in [3.05, 3.63) is 66.3 Å². The van der Waals surface area contributed by atoms with Gasteiger partial charge in [0.2, 0.25) is 0 Å². The van der Waals surface area contributed by atoms with Crippen molar-refractivity contribution in [3.8, 4) is 5.75 Å². The van der Waals surface area contributed by atoms with Crippen molar-refractivity contribution < 1.29 is 14.3 Å². The molecule has 0 saturated heterocycles. The Morgan fingerprint density at radius 1 is 1.19 bits per heavy atom. The summed E-state index contributed by atoms with van der Waals surface area (Å²) in [6, 6.07) is 7.93. The normalized spacial score (nSPS) is 16.1. The van der Waals surface area contributed by atoms with Crippen LogP contribution < -0.4 is 4.74 Å². The van der Waals surface area contributed by atoms with Crippen LogP contribution in [0.2, 0.25) is 0 Å². The fraction of sp³-hybridized carbons (Fsp3) is 0.278. The third-order valence-electron chi connectivity index (χ3n) is 3.54. The Labute approximate surface area is 125 Å². The van der Waals surface area contributed by atoms with Crippen LogP contribution in [0.15, 0.2) is 60.7 Å². The molecule has 0 aliphatic heterocycles. The monoisotopic (exact) mass is 284 g/mol. The molecule has 1 aliphatic carbocycles. The number of hydrogen-bond acceptors (Lipinski definition) is 3. The van der Waals surface area contributed by atoms with Crippen LogP contribution in [0.3, 0.4) is 0 Å². The molecule has 110 valence electrons. The first-order valence-corrected chi connectivity index (χ1v) is 6.98. The number of carbonyl (C=O) groups excluding carboxylic acids is 1. The SMILES string of the molecule is COC(=O)/C=C/[C@@H](c1ccc(OC)cc1)C1C=CCC=C1. The zero-order valence-corrected chi connectivity index (χ0v) is 12.4. The van der Waals surface area contributed by atoms with Gasteiger partial charge in [-0.2, -0.15) is 0 Å². The van der Waals surface area contributed by atoms with E-state index in [0.29, 0.717) is 0 Å². The van der Waals surface area contributed by atoms with Crippen LogP contribution in [-0.2, 0) is 9.53 Å². The number of rotatable bonds is 5. The van der Waals surface area contributed by atoms with Crippen molar-refractivity contribution in [1.82, 2.24) is 0 Å². The minimum atomic E-state index is -0.336. The van der Waals surface area contributed by atoms with Crippen LogP contribution in [0.1, 0.15) is 17.9 Å². The third-order valence-corrected chi connectivity index (χ3v) is 3.54. The van der Waals surface area contributed by atoms with Gasteiger partial charge in [-0.1, -0.05) is 42.5 Å². The Morgan fingerprint density at radius 2 is 1.86 bits per heavy atom. The number of hydrogen-bond donors (Lipinski definition) is 0. The fourth-order valence-electron chi connectivity index (χ4n) is 2.39. The topological polar surface area (TPSA) is 35.5 Å². The van der Waals surface area contributed by atoms with Crippen molar-refractivity contribution in [2.45, 2.75) is 12.3 Å². The third kappa shape index (κ3) is 4.09. The van der Waals surface area contributed by atoms with E-state index in [0.717, 1.165) is 17.7 Å². The van der Waals surface area contributed by atoms with Gasteiger partial charge >= 0.3 is 5.97 Å². The maximum absolute atomic E-state index is 11.4. The molecule has 0 spiro atoms. The number of benzene rings is 1. The summed E-state index contributed by atoms with van der Waals surface area (Å²) in [5.74, 6) is 0.831. The van der Waals surface area contributed by atoms with Crippen molar-refractivity contribution in [2.75, 3.05) is 14.2 Å². The van der Waals surface area contributed by atoms with Crippen molar-refractivity contribution in [3.63, 3.8) is 0 Å². The molecule has 1 aliphatic rings. The zero-order valence-electron chi connectivity index (χ0n) is 12.4. The lowest BCUT2D eigenvalue weighted by molar-refractivity contribution is -0.134.